The average molecular weight is 248 g/mol. The second-order valence-corrected chi connectivity index (χ2v) is 4.74. The molecule has 2 unspecified atom stereocenters. The van der Waals surface area contributed by atoms with Crippen molar-refractivity contribution < 1.29 is 14.7 Å². The number of fused-ring (bicyclic) bond motifs is 1. The van der Waals surface area contributed by atoms with Crippen LogP contribution >= 0.6 is 0 Å². The minimum absolute atomic E-state index is 0.0192. The fraction of sp³-hybridized carbons (Fsp3) is 0.385. The Morgan fingerprint density at radius 1 is 1.56 bits per heavy atom. The van der Waals surface area contributed by atoms with E-state index in [1.165, 1.54) is 0 Å². The van der Waals surface area contributed by atoms with Crippen LogP contribution in [-0.2, 0) is 16.0 Å². The van der Waals surface area contributed by atoms with Gasteiger partial charge in [-0.1, -0.05) is 19.1 Å². The normalized spacial score (nSPS) is 16.9. The molecule has 0 saturated heterocycles. The van der Waals surface area contributed by atoms with Crippen LogP contribution in [0.3, 0.4) is 0 Å². The average Bonchev–Trinajstić information content (AvgIpc) is 2.65. The van der Waals surface area contributed by atoms with E-state index in [0.717, 1.165) is 16.8 Å². The van der Waals surface area contributed by atoms with Crippen molar-refractivity contribution in [3.63, 3.8) is 0 Å². The second kappa shape index (κ2) is 4.78. The first-order chi connectivity index (χ1) is 8.47. The van der Waals surface area contributed by atoms with E-state index in [2.05, 4.69) is 5.32 Å². The summed E-state index contributed by atoms with van der Waals surface area (Å²) in [6.45, 7) is 1.81. The Bertz CT molecular complexity index is 499. The number of hydrogen-bond acceptors (Lipinski definition) is 3. The highest BCUT2D eigenvalue weighted by atomic mass is 16.4. The molecule has 0 aromatic heterocycles. The Kier molecular flexibility index (Phi) is 3.34. The Morgan fingerprint density at radius 3 is 2.94 bits per heavy atom. The lowest BCUT2D eigenvalue weighted by Gasteiger charge is -2.19. The highest BCUT2D eigenvalue weighted by Crippen LogP contribution is 2.29. The summed E-state index contributed by atoms with van der Waals surface area (Å²) in [6, 6.07) is 5.22. The summed E-state index contributed by atoms with van der Waals surface area (Å²) < 4.78 is 0. The molecule has 2 atom stereocenters. The van der Waals surface area contributed by atoms with E-state index >= 15 is 0 Å². The molecule has 0 radical (unpaired) electrons. The molecule has 0 fully saturated rings. The van der Waals surface area contributed by atoms with Gasteiger partial charge in [-0.3, -0.25) is 9.59 Å². The number of carbonyl (C=O) groups is 2. The molecule has 2 rings (SSSR count). The number of aliphatic carboxylic acids is 1. The molecule has 5 heteroatoms. The van der Waals surface area contributed by atoms with Crippen LogP contribution in [0.5, 0.6) is 0 Å². The molecule has 0 saturated carbocycles. The Balaban J connectivity index is 2.17. The number of benzene rings is 1. The number of anilines is 1. The summed E-state index contributed by atoms with van der Waals surface area (Å²) in [5.74, 6) is -1.02. The van der Waals surface area contributed by atoms with Gasteiger partial charge >= 0.3 is 5.97 Å². The Labute approximate surface area is 105 Å². The summed E-state index contributed by atoms with van der Waals surface area (Å²) in [5.41, 5.74) is 8.67. The van der Waals surface area contributed by atoms with E-state index in [1.54, 1.807) is 0 Å². The van der Waals surface area contributed by atoms with Crippen molar-refractivity contribution in [2.24, 2.45) is 11.7 Å². The number of carbonyl (C=O) groups excluding carboxylic acids is 1. The van der Waals surface area contributed by atoms with Crippen molar-refractivity contribution in [2.45, 2.75) is 25.8 Å². The summed E-state index contributed by atoms with van der Waals surface area (Å²) in [6.07, 6.45) is 0.401. The maximum Gasteiger partial charge on any atom is 0.303 e. The van der Waals surface area contributed by atoms with Gasteiger partial charge in [-0.25, -0.2) is 0 Å². The molecule has 1 aromatic rings. The maximum atomic E-state index is 11.2. The molecule has 1 amide bonds. The monoisotopic (exact) mass is 248 g/mol. The number of nitrogens with one attached hydrogen (secondary N) is 1. The number of carboxylic acids is 1. The van der Waals surface area contributed by atoms with Gasteiger partial charge in [0.1, 0.15) is 0 Å². The summed E-state index contributed by atoms with van der Waals surface area (Å²) >= 11 is 0. The zero-order chi connectivity index (χ0) is 13.3. The molecule has 96 valence electrons. The highest BCUT2D eigenvalue weighted by Gasteiger charge is 2.22. The lowest BCUT2D eigenvalue weighted by molar-refractivity contribution is -0.138. The van der Waals surface area contributed by atoms with Crippen LogP contribution in [0.25, 0.3) is 0 Å². The van der Waals surface area contributed by atoms with Gasteiger partial charge in [-0.15, -0.1) is 0 Å². The van der Waals surface area contributed by atoms with Crippen LogP contribution in [0.1, 0.15) is 30.5 Å². The molecule has 1 aliphatic rings. The van der Waals surface area contributed by atoms with Crippen LogP contribution in [0.2, 0.25) is 0 Å². The van der Waals surface area contributed by atoms with Gasteiger partial charge in [0.15, 0.2) is 0 Å². The van der Waals surface area contributed by atoms with Crippen LogP contribution in [0.4, 0.5) is 5.69 Å². The first-order valence-corrected chi connectivity index (χ1v) is 5.87. The van der Waals surface area contributed by atoms with Gasteiger partial charge in [0, 0.05) is 18.2 Å². The molecular formula is C13H16N2O3. The van der Waals surface area contributed by atoms with Crippen molar-refractivity contribution >= 4 is 17.6 Å². The zero-order valence-corrected chi connectivity index (χ0v) is 10.1. The van der Waals surface area contributed by atoms with E-state index in [1.807, 2.05) is 25.1 Å². The third-order valence-electron chi connectivity index (χ3n) is 3.25. The SMILES string of the molecule is CC(CC(=O)O)C(N)c1ccc2c(c1)CC(=O)N2. The Hall–Kier alpha value is -1.88. The van der Waals surface area contributed by atoms with Crippen LogP contribution < -0.4 is 11.1 Å². The van der Waals surface area contributed by atoms with E-state index in [0.29, 0.717) is 6.42 Å². The van der Waals surface area contributed by atoms with Crippen molar-refractivity contribution in [3.8, 4) is 0 Å². The minimum atomic E-state index is -0.851. The fourth-order valence-electron chi connectivity index (χ4n) is 2.19. The largest absolute Gasteiger partial charge is 0.481 e. The van der Waals surface area contributed by atoms with E-state index in [-0.39, 0.29) is 24.3 Å². The van der Waals surface area contributed by atoms with Crippen molar-refractivity contribution in [1.29, 1.82) is 0 Å². The van der Waals surface area contributed by atoms with Crippen LogP contribution in [0.15, 0.2) is 18.2 Å². The lowest BCUT2D eigenvalue weighted by Crippen LogP contribution is -2.21. The van der Waals surface area contributed by atoms with Gasteiger partial charge in [-0.2, -0.15) is 0 Å². The first kappa shape index (κ1) is 12.6. The third-order valence-corrected chi connectivity index (χ3v) is 3.25. The predicted molar refractivity (Wildman–Crippen MR) is 67.1 cm³/mol. The Morgan fingerprint density at radius 2 is 2.28 bits per heavy atom. The van der Waals surface area contributed by atoms with Crippen molar-refractivity contribution in [3.05, 3.63) is 29.3 Å². The van der Waals surface area contributed by atoms with Gasteiger partial charge < -0.3 is 16.2 Å². The molecule has 0 aliphatic carbocycles. The minimum Gasteiger partial charge on any atom is -0.481 e. The van der Waals surface area contributed by atoms with Gasteiger partial charge in [0.05, 0.1) is 6.42 Å². The first-order valence-electron chi connectivity index (χ1n) is 5.87. The third kappa shape index (κ3) is 2.51. The summed E-state index contributed by atoms with van der Waals surface area (Å²) in [7, 11) is 0. The molecule has 4 N–H and O–H groups in total. The molecule has 1 aliphatic heterocycles. The molecule has 1 aromatic carbocycles. The molecule has 5 nitrogen and oxygen atoms in total. The number of rotatable bonds is 4. The number of hydrogen-bond donors (Lipinski definition) is 3. The summed E-state index contributed by atoms with van der Waals surface area (Å²) in [4.78, 5) is 21.9. The zero-order valence-electron chi connectivity index (χ0n) is 10.1. The molecule has 0 bridgehead atoms. The van der Waals surface area contributed by atoms with Crippen molar-refractivity contribution in [2.75, 3.05) is 5.32 Å². The summed E-state index contributed by atoms with van der Waals surface area (Å²) in [5, 5.41) is 11.5. The van der Waals surface area contributed by atoms with E-state index in [4.69, 9.17) is 10.8 Å². The van der Waals surface area contributed by atoms with Gasteiger partial charge in [-0.05, 0) is 23.1 Å². The van der Waals surface area contributed by atoms with Gasteiger partial charge in [0.25, 0.3) is 0 Å². The number of nitrogens with two attached hydrogens (primary N) is 1. The van der Waals surface area contributed by atoms with E-state index in [9.17, 15) is 9.59 Å². The predicted octanol–water partition coefficient (Wildman–Crippen LogP) is 1.29. The van der Waals surface area contributed by atoms with E-state index < -0.39 is 5.97 Å². The number of carboxylic acid groups (broad SMARTS) is 1. The standard InChI is InChI=1S/C13H16N2O3/c1-7(4-12(17)18)13(14)8-2-3-10-9(5-8)6-11(16)15-10/h2-3,5,7,13H,4,6,14H2,1H3,(H,15,16)(H,17,18). The lowest BCUT2D eigenvalue weighted by atomic mass is 9.91. The molecule has 0 spiro atoms. The van der Waals surface area contributed by atoms with Crippen molar-refractivity contribution in [1.82, 2.24) is 0 Å². The van der Waals surface area contributed by atoms with Gasteiger partial charge in [0.2, 0.25) is 5.91 Å². The topological polar surface area (TPSA) is 92.4 Å². The highest BCUT2D eigenvalue weighted by molar-refractivity contribution is 5.99. The maximum absolute atomic E-state index is 11.2. The smallest absolute Gasteiger partial charge is 0.303 e. The number of amides is 1. The van der Waals surface area contributed by atoms with Crippen LogP contribution in [-0.4, -0.2) is 17.0 Å². The second-order valence-electron chi connectivity index (χ2n) is 4.74. The molecule has 1 heterocycles. The molecule has 18 heavy (non-hydrogen) atoms. The van der Waals surface area contributed by atoms with Crippen LogP contribution in [0, 0.1) is 5.92 Å². The quantitative estimate of drug-likeness (QED) is 0.748. The fourth-order valence-corrected chi connectivity index (χ4v) is 2.19. The molecular weight excluding hydrogens is 232 g/mol.